The van der Waals surface area contributed by atoms with E-state index in [4.69, 9.17) is 4.74 Å². The first kappa shape index (κ1) is 32.2. The minimum Gasteiger partial charge on any atom is -0.381 e. The average molecular weight is 630 g/mol. The summed E-state index contributed by atoms with van der Waals surface area (Å²) in [5, 5.41) is 6.14. The number of hydrogen-bond donors (Lipinski definition) is 2. The number of carbonyl (C=O) groups is 1. The number of nitrogens with zero attached hydrogens (tertiary/aromatic N) is 1. The molecule has 0 spiro atoms. The van der Waals surface area contributed by atoms with E-state index >= 15 is 4.39 Å². The van der Waals surface area contributed by atoms with Gasteiger partial charge in [-0.25, -0.2) is 21.6 Å². The van der Waals surface area contributed by atoms with Crippen molar-refractivity contribution in [3.8, 4) is 0 Å². The zero-order chi connectivity index (χ0) is 31.3. The Bertz CT molecular complexity index is 1550. The molecule has 1 amide bonds. The number of rotatable bonds is 10. The topological polar surface area (TPSA) is 87.7 Å². The summed E-state index contributed by atoms with van der Waals surface area (Å²) in [6, 6.07) is 15.7. The van der Waals surface area contributed by atoms with Crippen LogP contribution < -0.4 is 10.6 Å². The molecule has 2 N–H and O–H groups in total. The second-order valence-electron chi connectivity index (χ2n) is 11.6. The molecule has 3 aromatic carbocycles. The van der Waals surface area contributed by atoms with E-state index in [1.807, 2.05) is 6.92 Å². The standard InChI is InChI=1S/C33H38F3N3O4S/c1-22-20-37-21-25(39(22)44(41,42)26-6-3-2-4-7-26)11-12-27-29(34)8-5-9-32(27)38-33(40)19-28(23-14-16-43-17-15-23)24-10-13-30(35)31(36)18-24/h2-10,13,18,22-23,25,28,37H,11-12,14-17,19-21H2,1H3,(H,38,40). The fourth-order valence-corrected chi connectivity index (χ4v) is 8.30. The summed E-state index contributed by atoms with van der Waals surface area (Å²) in [5.41, 5.74) is 1.12. The molecule has 3 unspecified atom stereocenters. The first-order valence-corrected chi connectivity index (χ1v) is 16.5. The van der Waals surface area contributed by atoms with Crippen molar-refractivity contribution in [2.75, 3.05) is 31.6 Å². The van der Waals surface area contributed by atoms with Crippen LogP contribution in [0.25, 0.3) is 0 Å². The molecule has 5 rings (SSSR count). The van der Waals surface area contributed by atoms with Crippen molar-refractivity contribution < 1.29 is 31.1 Å². The summed E-state index contributed by atoms with van der Waals surface area (Å²) >= 11 is 0. The predicted octanol–water partition coefficient (Wildman–Crippen LogP) is 5.63. The van der Waals surface area contributed by atoms with Crippen LogP contribution in [0.15, 0.2) is 71.6 Å². The van der Waals surface area contributed by atoms with Gasteiger partial charge in [-0.15, -0.1) is 0 Å². The largest absolute Gasteiger partial charge is 0.381 e. The Kier molecular flexibility index (Phi) is 10.4. The molecule has 7 nitrogen and oxygen atoms in total. The number of halogens is 3. The van der Waals surface area contributed by atoms with Gasteiger partial charge in [0.15, 0.2) is 11.6 Å². The number of sulfonamides is 1. The summed E-state index contributed by atoms with van der Waals surface area (Å²) in [6.45, 7) is 3.79. The third-order valence-electron chi connectivity index (χ3n) is 8.67. The summed E-state index contributed by atoms with van der Waals surface area (Å²) in [4.78, 5) is 13.6. The molecule has 2 aliphatic heterocycles. The van der Waals surface area contributed by atoms with Crippen LogP contribution in [0.4, 0.5) is 18.9 Å². The minimum absolute atomic E-state index is 0.00114. The second-order valence-corrected chi connectivity index (χ2v) is 13.4. The highest BCUT2D eigenvalue weighted by molar-refractivity contribution is 7.89. The lowest BCUT2D eigenvalue weighted by atomic mass is 9.79. The van der Waals surface area contributed by atoms with Crippen molar-refractivity contribution in [1.82, 2.24) is 9.62 Å². The van der Waals surface area contributed by atoms with E-state index in [1.165, 1.54) is 22.5 Å². The number of nitrogens with one attached hydrogen (secondary N) is 2. The molecule has 236 valence electrons. The van der Waals surface area contributed by atoms with Crippen molar-refractivity contribution in [1.29, 1.82) is 0 Å². The average Bonchev–Trinajstić information content (AvgIpc) is 3.02. The lowest BCUT2D eigenvalue weighted by Gasteiger charge is -2.40. The molecule has 2 heterocycles. The number of carbonyl (C=O) groups excluding carboxylic acids is 1. The second kappa shape index (κ2) is 14.2. The first-order valence-electron chi connectivity index (χ1n) is 15.0. The number of ether oxygens (including phenoxy) is 1. The lowest BCUT2D eigenvalue weighted by molar-refractivity contribution is -0.117. The molecule has 0 aromatic heterocycles. The van der Waals surface area contributed by atoms with Gasteiger partial charge in [-0.1, -0.05) is 30.3 Å². The fraction of sp³-hybridized carbons (Fsp3) is 0.424. The maximum Gasteiger partial charge on any atom is 0.243 e. The number of amides is 1. The fourth-order valence-electron chi connectivity index (χ4n) is 6.43. The molecule has 44 heavy (non-hydrogen) atoms. The Morgan fingerprint density at radius 3 is 2.45 bits per heavy atom. The first-order chi connectivity index (χ1) is 21.1. The van der Waals surface area contributed by atoms with E-state index in [2.05, 4.69) is 10.6 Å². The molecular weight excluding hydrogens is 591 g/mol. The van der Waals surface area contributed by atoms with Gasteiger partial charge in [-0.3, -0.25) is 4.79 Å². The molecule has 2 fully saturated rings. The Labute approximate surface area is 256 Å². The highest BCUT2D eigenvalue weighted by atomic mass is 32.2. The third-order valence-corrected chi connectivity index (χ3v) is 10.7. The molecule has 2 aliphatic rings. The van der Waals surface area contributed by atoms with Crippen molar-refractivity contribution in [2.45, 2.75) is 61.9 Å². The van der Waals surface area contributed by atoms with Gasteiger partial charge < -0.3 is 15.4 Å². The van der Waals surface area contributed by atoms with Crippen molar-refractivity contribution in [2.24, 2.45) is 5.92 Å². The van der Waals surface area contributed by atoms with E-state index in [9.17, 15) is 22.0 Å². The van der Waals surface area contributed by atoms with E-state index in [0.29, 0.717) is 56.8 Å². The summed E-state index contributed by atoms with van der Waals surface area (Å²) in [6.07, 6.45) is 1.87. The number of anilines is 1. The monoisotopic (exact) mass is 629 g/mol. The van der Waals surface area contributed by atoms with Crippen LogP contribution in [0.1, 0.15) is 49.7 Å². The molecule has 11 heteroatoms. The lowest BCUT2D eigenvalue weighted by Crippen LogP contribution is -2.58. The zero-order valence-corrected chi connectivity index (χ0v) is 25.5. The number of hydrogen-bond acceptors (Lipinski definition) is 5. The molecule has 0 bridgehead atoms. The summed E-state index contributed by atoms with van der Waals surface area (Å²) in [5.74, 6) is -3.14. The SMILES string of the molecule is CC1CNCC(CCc2c(F)cccc2NC(=O)CC(c2ccc(F)c(F)c2)C2CCOCC2)N1S(=O)(=O)c1ccccc1. The van der Waals surface area contributed by atoms with Gasteiger partial charge in [0, 0.05) is 56.1 Å². The molecule has 3 atom stereocenters. The normalized spacial score (nSPS) is 20.7. The maximum absolute atomic E-state index is 15.2. The predicted molar refractivity (Wildman–Crippen MR) is 162 cm³/mol. The molecular formula is C33H38F3N3O4S. The quantitative estimate of drug-likeness (QED) is 0.304. The van der Waals surface area contributed by atoms with Crippen LogP contribution in [0.2, 0.25) is 0 Å². The highest BCUT2D eigenvalue weighted by Gasteiger charge is 2.38. The van der Waals surface area contributed by atoms with Gasteiger partial charge in [-0.05, 0) is 86.4 Å². The minimum atomic E-state index is -3.79. The van der Waals surface area contributed by atoms with Gasteiger partial charge in [0.25, 0.3) is 0 Å². The van der Waals surface area contributed by atoms with E-state index in [0.717, 1.165) is 12.1 Å². The van der Waals surface area contributed by atoms with E-state index < -0.39 is 33.5 Å². The number of benzene rings is 3. The van der Waals surface area contributed by atoms with E-state index in [1.54, 1.807) is 36.4 Å². The van der Waals surface area contributed by atoms with E-state index in [-0.39, 0.29) is 47.1 Å². The maximum atomic E-state index is 15.2. The van der Waals surface area contributed by atoms with Gasteiger partial charge in [0.05, 0.1) is 4.90 Å². The van der Waals surface area contributed by atoms with Gasteiger partial charge in [0.1, 0.15) is 5.82 Å². The third kappa shape index (κ3) is 7.34. The van der Waals surface area contributed by atoms with Crippen LogP contribution in [0.5, 0.6) is 0 Å². The van der Waals surface area contributed by atoms with Crippen LogP contribution in [0, 0.1) is 23.4 Å². The van der Waals surface area contributed by atoms with Gasteiger partial charge in [0.2, 0.25) is 15.9 Å². The number of piperazine rings is 1. The molecule has 0 aliphatic carbocycles. The van der Waals surface area contributed by atoms with Crippen molar-refractivity contribution >= 4 is 21.6 Å². The van der Waals surface area contributed by atoms with Gasteiger partial charge in [-0.2, -0.15) is 4.31 Å². The Morgan fingerprint density at radius 2 is 1.73 bits per heavy atom. The molecule has 3 aromatic rings. The highest BCUT2D eigenvalue weighted by Crippen LogP contribution is 2.36. The Balaban J connectivity index is 1.33. The van der Waals surface area contributed by atoms with Crippen LogP contribution >= 0.6 is 0 Å². The molecule has 0 saturated carbocycles. The van der Waals surface area contributed by atoms with Crippen LogP contribution in [0.3, 0.4) is 0 Å². The summed E-state index contributed by atoms with van der Waals surface area (Å²) in [7, 11) is -3.79. The van der Waals surface area contributed by atoms with Crippen molar-refractivity contribution in [3.63, 3.8) is 0 Å². The molecule has 0 radical (unpaired) electrons. The smallest absolute Gasteiger partial charge is 0.243 e. The summed E-state index contributed by atoms with van der Waals surface area (Å²) < 4.78 is 77.3. The Morgan fingerprint density at radius 1 is 0.977 bits per heavy atom. The Hall–Kier alpha value is -3.25. The van der Waals surface area contributed by atoms with Crippen LogP contribution in [-0.4, -0.2) is 57.0 Å². The van der Waals surface area contributed by atoms with Crippen LogP contribution in [-0.2, 0) is 26.0 Å². The van der Waals surface area contributed by atoms with Gasteiger partial charge >= 0.3 is 0 Å². The molecule has 2 saturated heterocycles. The zero-order valence-electron chi connectivity index (χ0n) is 24.6. The van der Waals surface area contributed by atoms with Crippen molar-refractivity contribution in [3.05, 3.63) is 95.3 Å².